The molecule has 5 heteroatoms. The normalized spacial score (nSPS) is 33.9. The van der Waals surface area contributed by atoms with Crippen molar-refractivity contribution in [3.63, 3.8) is 0 Å². The van der Waals surface area contributed by atoms with Crippen molar-refractivity contribution in [1.82, 2.24) is 4.90 Å². The molecule has 2 fully saturated rings. The Labute approximate surface area is 85.1 Å². The summed E-state index contributed by atoms with van der Waals surface area (Å²) in [5, 5.41) is 0. The summed E-state index contributed by atoms with van der Waals surface area (Å²) in [7, 11) is -0.704. The van der Waals surface area contributed by atoms with Crippen molar-refractivity contribution < 1.29 is 13.8 Å². The van der Waals surface area contributed by atoms with Crippen LogP contribution < -0.4 is 0 Å². The Hall–Kier alpha value is -0.710. The first-order chi connectivity index (χ1) is 6.68. The van der Waals surface area contributed by atoms with Gasteiger partial charge in [0, 0.05) is 41.3 Å². The number of nitrogens with zero attached hydrogens (tertiary/aromatic N) is 1. The highest BCUT2D eigenvalue weighted by atomic mass is 32.2. The number of ketones is 1. The van der Waals surface area contributed by atoms with E-state index in [0.29, 0.717) is 24.5 Å². The van der Waals surface area contributed by atoms with Crippen molar-refractivity contribution in [2.75, 3.05) is 18.1 Å². The van der Waals surface area contributed by atoms with Crippen molar-refractivity contribution in [3.8, 4) is 0 Å². The molecule has 0 aromatic carbocycles. The van der Waals surface area contributed by atoms with E-state index in [-0.39, 0.29) is 17.7 Å². The van der Waals surface area contributed by atoms with E-state index in [1.807, 2.05) is 0 Å². The summed E-state index contributed by atoms with van der Waals surface area (Å²) in [6.07, 6.45) is 1.93. The SMILES string of the molecule is O=C1CCN(C2CCS(=O)CC2)C1=O. The Balaban J connectivity index is 1.99. The van der Waals surface area contributed by atoms with Crippen LogP contribution in [0.15, 0.2) is 0 Å². The van der Waals surface area contributed by atoms with Crippen LogP contribution in [-0.2, 0) is 20.4 Å². The first kappa shape index (κ1) is 9.83. The molecule has 0 aromatic rings. The molecule has 2 aliphatic rings. The van der Waals surface area contributed by atoms with Gasteiger partial charge in [-0.1, -0.05) is 0 Å². The fourth-order valence-corrected chi connectivity index (χ4v) is 3.31. The maximum absolute atomic E-state index is 11.4. The van der Waals surface area contributed by atoms with Gasteiger partial charge in [-0.05, 0) is 12.8 Å². The summed E-state index contributed by atoms with van der Waals surface area (Å²) in [5.41, 5.74) is 0. The maximum Gasteiger partial charge on any atom is 0.290 e. The van der Waals surface area contributed by atoms with Crippen LogP contribution in [0.25, 0.3) is 0 Å². The molecule has 0 N–H and O–H groups in total. The van der Waals surface area contributed by atoms with Gasteiger partial charge in [-0.25, -0.2) is 0 Å². The van der Waals surface area contributed by atoms with Crippen LogP contribution in [-0.4, -0.2) is 44.9 Å². The van der Waals surface area contributed by atoms with E-state index in [0.717, 1.165) is 12.8 Å². The largest absolute Gasteiger partial charge is 0.333 e. The van der Waals surface area contributed by atoms with E-state index >= 15 is 0 Å². The van der Waals surface area contributed by atoms with E-state index in [9.17, 15) is 13.8 Å². The maximum atomic E-state index is 11.4. The molecule has 2 rings (SSSR count). The van der Waals surface area contributed by atoms with Gasteiger partial charge in [0.1, 0.15) is 0 Å². The van der Waals surface area contributed by atoms with Gasteiger partial charge >= 0.3 is 0 Å². The van der Waals surface area contributed by atoms with Crippen LogP contribution in [0.2, 0.25) is 0 Å². The van der Waals surface area contributed by atoms with Crippen LogP contribution in [0.1, 0.15) is 19.3 Å². The number of hydrogen-bond acceptors (Lipinski definition) is 3. The van der Waals surface area contributed by atoms with Gasteiger partial charge in [-0.3, -0.25) is 13.8 Å². The Morgan fingerprint density at radius 3 is 2.36 bits per heavy atom. The van der Waals surface area contributed by atoms with E-state index in [4.69, 9.17) is 0 Å². The fraction of sp³-hybridized carbons (Fsp3) is 0.778. The first-order valence-corrected chi connectivity index (χ1v) is 6.36. The molecule has 0 spiro atoms. The molecule has 0 saturated carbocycles. The molecule has 2 aliphatic heterocycles. The minimum atomic E-state index is -0.704. The highest BCUT2D eigenvalue weighted by molar-refractivity contribution is 7.85. The molecule has 14 heavy (non-hydrogen) atoms. The van der Waals surface area contributed by atoms with E-state index in [2.05, 4.69) is 0 Å². The third kappa shape index (κ3) is 1.73. The molecule has 2 saturated heterocycles. The molecule has 0 aliphatic carbocycles. The number of carbonyl (C=O) groups is 2. The Morgan fingerprint density at radius 1 is 1.21 bits per heavy atom. The molecule has 2 heterocycles. The zero-order chi connectivity index (χ0) is 10.1. The lowest BCUT2D eigenvalue weighted by molar-refractivity contribution is -0.141. The van der Waals surface area contributed by atoms with Crippen molar-refractivity contribution in [2.24, 2.45) is 0 Å². The topological polar surface area (TPSA) is 54.5 Å². The molecule has 78 valence electrons. The van der Waals surface area contributed by atoms with Crippen LogP contribution in [0.4, 0.5) is 0 Å². The number of amides is 1. The van der Waals surface area contributed by atoms with Crippen LogP contribution in [0.3, 0.4) is 0 Å². The minimum Gasteiger partial charge on any atom is -0.333 e. The van der Waals surface area contributed by atoms with Crippen molar-refractivity contribution in [2.45, 2.75) is 25.3 Å². The van der Waals surface area contributed by atoms with Gasteiger partial charge in [0.2, 0.25) is 5.78 Å². The van der Waals surface area contributed by atoms with Crippen LogP contribution in [0.5, 0.6) is 0 Å². The van der Waals surface area contributed by atoms with Gasteiger partial charge in [-0.2, -0.15) is 0 Å². The zero-order valence-electron chi connectivity index (χ0n) is 7.90. The summed E-state index contributed by atoms with van der Waals surface area (Å²) in [6, 6.07) is 0.159. The fourth-order valence-electron chi connectivity index (χ4n) is 2.03. The lowest BCUT2D eigenvalue weighted by Crippen LogP contribution is -2.41. The predicted molar refractivity (Wildman–Crippen MR) is 52.2 cm³/mol. The lowest BCUT2D eigenvalue weighted by atomic mass is 10.1. The number of rotatable bonds is 1. The summed E-state index contributed by atoms with van der Waals surface area (Å²) in [6.45, 7) is 0.564. The predicted octanol–water partition coefficient (Wildman–Crippen LogP) is -0.301. The Bertz CT molecular complexity index is 292. The number of Topliss-reactive ketones (excluding diaryl/α,β-unsaturated/α-hetero) is 1. The van der Waals surface area contributed by atoms with Gasteiger partial charge in [0.15, 0.2) is 0 Å². The molecular formula is C9H13NO3S. The van der Waals surface area contributed by atoms with E-state index < -0.39 is 10.8 Å². The van der Waals surface area contributed by atoms with Crippen LogP contribution in [0, 0.1) is 0 Å². The quantitative estimate of drug-likeness (QED) is 0.564. The Morgan fingerprint density at radius 2 is 1.86 bits per heavy atom. The summed E-state index contributed by atoms with van der Waals surface area (Å²) < 4.78 is 11.1. The number of likely N-dealkylation sites (tertiary alicyclic amines) is 1. The van der Waals surface area contributed by atoms with Crippen LogP contribution >= 0.6 is 0 Å². The third-order valence-electron chi connectivity index (χ3n) is 2.88. The molecular weight excluding hydrogens is 202 g/mol. The monoisotopic (exact) mass is 215 g/mol. The number of carbonyl (C=O) groups excluding carboxylic acids is 2. The van der Waals surface area contributed by atoms with Crippen molar-refractivity contribution in [1.29, 1.82) is 0 Å². The van der Waals surface area contributed by atoms with Gasteiger partial charge in [0.25, 0.3) is 5.91 Å². The molecule has 0 aromatic heterocycles. The van der Waals surface area contributed by atoms with Gasteiger partial charge in [-0.15, -0.1) is 0 Å². The molecule has 0 radical (unpaired) electrons. The van der Waals surface area contributed by atoms with E-state index in [1.165, 1.54) is 0 Å². The third-order valence-corrected chi connectivity index (χ3v) is 4.26. The van der Waals surface area contributed by atoms with Crippen molar-refractivity contribution in [3.05, 3.63) is 0 Å². The summed E-state index contributed by atoms with van der Waals surface area (Å²) in [4.78, 5) is 24.1. The lowest BCUT2D eigenvalue weighted by Gasteiger charge is -2.29. The number of hydrogen-bond donors (Lipinski definition) is 0. The zero-order valence-corrected chi connectivity index (χ0v) is 8.72. The molecule has 0 unspecified atom stereocenters. The highest BCUT2D eigenvalue weighted by Gasteiger charge is 2.35. The molecule has 0 bridgehead atoms. The second-order valence-corrected chi connectivity index (χ2v) is 5.45. The van der Waals surface area contributed by atoms with Crippen molar-refractivity contribution >= 4 is 22.5 Å². The average molecular weight is 215 g/mol. The highest BCUT2D eigenvalue weighted by Crippen LogP contribution is 2.20. The second kappa shape index (κ2) is 3.81. The van der Waals surface area contributed by atoms with Gasteiger partial charge < -0.3 is 4.90 Å². The standard InChI is InChI=1S/C9H13NO3S/c11-8-1-4-10(9(8)12)7-2-5-14(13)6-3-7/h7H,1-6H2. The first-order valence-electron chi connectivity index (χ1n) is 4.87. The minimum absolute atomic E-state index is 0.159. The molecule has 1 amide bonds. The average Bonchev–Trinajstić information content (AvgIpc) is 2.50. The summed E-state index contributed by atoms with van der Waals surface area (Å²) >= 11 is 0. The summed E-state index contributed by atoms with van der Waals surface area (Å²) in [5.74, 6) is 0.741. The second-order valence-electron chi connectivity index (χ2n) is 3.75. The van der Waals surface area contributed by atoms with E-state index in [1.54, 1.807) is 4.90 Å². The molecule has 4 nitrogen and oxygen atoms in total. The molecule has 0 atom stereocenters. The Kier molecular flexibility index (Phi) is 2.67. The smallest absolute Gasteiger partial charge is 0.290 e. The van der Waals surface area contributed by atoms with Gasteiger partial charge in [0.05, 0.1) is 0 Å².